The summed E-state index contributed by atoms with van der Waals surface area (Å²) in [7, 11) is 0. The molecule has 0 spiro atoms. The van der Waals surface area contributed by atoms with Crippen LogP contribution in [-0.2, 0) is 6.42 Å². The summed E-state index contributed by atoms with van der Waals surface area (Å²) in [5.41, 5.74) is 11.3. The van der Waals surface area contributed by atoms with Gasteiger partial charge in [0.05, 0.1) is 0 Å². The maximum absolute atomic E-state index is 3.65. The van der Waals surface area contributed by atoms with Crippen LogP contribution in [0.15, 0.2) is 146 Å². The molecule has 0 radical (unpaired) electrons. The Morgan fingerprint density at radius 3 is 2.23 bits per heavy atom. The van der Waals surface area contributed by atoms with Gasteiger partial charge in [-0.15, -0.1) is 0 Å². The second-order valence-corrected chi connectivity index (χ2v) is 11.8. The van der Waals surface area contributed by atoms with Gasteiger partial charge in [-0.3, -0.25) is 0 Å². The van der Waals surface area contributed by atoms with Gasteiger partial charge in [-0.1, -0.05) is 103 Å². The van der Waals surface area contributed by atoms with Crippen LogP contribution >= 0.6 is 0 Å². The Morgan fingerprint density at radius 2 is 1.40 bits per heavy atom. The lowest BCUT2D eigenvalue weighted by molar-refractivity contribution is 1.00. The number of benzene rings is 5. The highest BCUT2D eigenvalue weighted by molar-refractivity contribution is 5.82. The van der Waals surface area contributed by atoms with Crippen molar-refractivity contribution in [2.24, 2.45) is 5.92 Å². The van der Waals surface area contributed by atoms with Gasteiger partial charge in [0.15, 0.2) is 0 Å². The number of nitrogens with one attached hydrogen (secondary N) is 1. The third-order valence-corrected chi connectivity index (χ3v) is 8.99. The molecule has 0 bridgehead atoms. The number of anilines is 4. The second kappa shape index (κ2) is 11.0. The molecule has 3 aliphatic carbocycles. The zero-order chi connectivity index (χ0) is 28.6. The van der Waals surface area contributed by atoms with Crippen molar-refractivity contribution in [3.8, 4) is 11.1 Å². The summed E-state index contributed by atoms with van der Waals surface area (Å²) in [5.74, 6) is 1.31. The average Bonchev–Trinajstić information content (AvgIpc) is 3.87. The Kier molecular flexibility index (Phi) is 6.53. The van der Waals surface area contributed by atoms with Crippen molar-refractivity contribution >= 4 is 34.5 Å². The molecule has 5 aromatic rings. The molecule has 1 fully saturated rings. The maximum atomic E-state index is 3.65. The Balaban J connectivity index is 1.10. The highest BCUT2D eigenvalue weighted by Gasteiger charge is 2.41. The standard InChI is InChI=1S/C41H34N2/c1-2-15-35(16-3-1)43(40-19-9-13-32-12-8-14-33-28-38(33)41(32)40)36-26-22-30(23-27-36)29-20-24-34(25-21-29)42-39-18-7-5-11-31-10-4-6-17-37(31)39/h1-4,6-11,13-27,33,38,42H,5,12,28H2. The average molecular weight is 555 g/mol. The normalized spacial score (nSPS) is 17.9. The Bertz CT molecular complexity index is 1970. The number of rotatable bonds is 6. The van der Waals surface area contributed by atoms with E-state index in [1.165, 1.54) is 56.2 Å². The van der Waals surface area contributed by atoms with Crippen LogP contribution in [0.3, 0.4) is 0 Å². The Hall–Kier alpha value is -5.08. The quantitative estimate of drug-likeness (QED) is 0.211. The summed E-state index contributed by atoms with van der Waals surface area (Å²) in [4.78, 5) is 2.45. The molecule has 8 rings (SSSR count). The molecule has 3 aliphatic rings. The van der Waals surface area contributed by atoms with Gasteiger partial charge >= 0.3 is 0 Å². The zero-order valence-electron chi connectivity index (χ0n) is 24.2. The molecular weight excluding hydrogens is 520 g/mol. The van der Waals surface area contributed by atoms with Gasteiger partial charge in [-0.25, -0.2) is 0 Å². The summed E-state index contributed by atoms with van der Waals surface area (Å²) in [6.45, 7) is 0. The molecule has 0 saturated heterocycles. The van der Waals surface area contributed by atoms with Crippen molar-refractivity contribution in [2.75, 3.05) is 10.2 Å². The van der Waals surface area contributed by atoms with Gasteiger partial charge in [0, 0.05) is 33.7 Å². The fourth-order valence-corrected chi connectivity index (χ4v) is 6.74. The molecule has 2 nitrogen and oxygen atoms in total. The minimum Gasteiger partial charge on any atom is -0.355 e. The van der Waals surface area contributed by atoms with Gasteiger partial charge in [-0.05, 0) is 107 Å². The van der Waals surface area contributed by atoms with Crippen LogP contribution in [0, 0.1) is 5.92 Å². The summed E-state index contributed by atoms with van der Waals surface area (Å²) in [5, 5.41) is 6.16. The van der Waals surface area contributed by atoms with E-state index in [2.05, 4.69) is 162 Å². The number of para-hydroxylation sites is 1. The molecule has 5 aromatic carbocycles. The molecule has 1 N–H and O–H groups in total. The predicted molar refractivity (Wildman–Crippen MR) is 181 cm³/mol. The van der Waals surface area contributed by atoms with Crippen LogP contribution in [0.2, 0.25) is 0 Å². The highest BCUT2D eigenvalue weighted by Crippen LogP contribution is 2.55. The maximum Gasteiger partial charge on any atom is 0.0499 e. The lowest BCUT2D eigenvalue weighted by Gasteiger charge is -2.29. The third kappa shape index (κ3) is 5.00. The van der Waals surface area contributed by atoms with E-state index in [0.717, 1.165) is 24.2 Å². The van der Waals surface area contributed by atoms with Gasteiger partial charge in [0.1, 0.15) is 0 Å². The zero-order valence-corrected chi connectivity index (χ0v) is 24.2. The van der Waals surface area contributed by atoms with E-state index in [9.17, 15) is 0 Å². The molecule has 43 heavy (non-hydrogen) atoms. The van der Waals surface area contributed by atoms with Gasteiger partial charge in [0.25, 0.3) is 0 Å². The molecule has 0 amide bonds. The summed E-state index contributed by atoms with van der Waals surface area (Å²) >= 11 is 0. The predicted octanol–water partition coefficient (Wildman–Crippen LogP) is 9.00. The number of allylic oxidation sites excluding steroid dienone is 3. The largest absolute Gasteiger partial charge is 0.355 e. The number of nitrogens with zero attached hydrogens (tertiary/aromatic N) is 1. The first-order valence-corrected chi connectivity index (χ1v) is 15.4. The number of hydrogen-bond donors (Lipinski definition) is 1. The lowest BCUT2D eigenvalue weighted by Crippen LogP contribution is -2.27. The summed E-state index contributed by atoms with van der Waals surface area (Å²) in [6.07, 6.45) is 14.7. The van der Waals surface area contributed by atoms with Crippen molar-refractivity contribution in [3.05, 3.63) is 167 Å². The fraction of sp³-hybridized carbons (Fsp3) is 0.122. The summed E-state index contributed by atoms with van der Waals surface area (Å²) in [6, 6.07) is 44.1. The molecule has 2 unspecified atom stereocenters. The van der Waals surface area contributed by atoms with Gasteiger partial charge < -0.3 is 10.2 Å². The van der Waals surface area contributed by atoms with Crippen LogP contribution in [0.25, 0.3) is 22.9 Å². The van der Waals surface area contributed by atoms with Gasteiger partial charge in [0.2, 0.25) is 0 Å². The van der Waals surface area contributed by atoms with Crippen LogP contribution in [-0.4, -0.2) is 0 Å². The second-order valence-electron chi connectivity index (χ2n) is 11.8. The van der Waals surface area contributed by atoms with E-state index in [4.69, 9.17) is 0 Å². The number of fused-ring (bicyclic) bond motifs is 4. The Labute approximate surface area is 253 Å². The molecule has 0 aliphatic heterocycles. The Morgan fingerprint density at radius 1 is 0.651 bits per heavy atom. The molecule has 208 valence electrons. The van der Waals surface area contributed by atoms with Crippen molar-refractivity contribution in [3.63, 3.8) is 0 Å². The van der Waals surface area contributed by atoms with Crippen LogP contribution in [0.4, 0.5) is 22.7 Å². The van der Waals surface area contributed by atoms with Gasteiger partial charge in [-0.2, -0.15) is 0 Å². The molecule has 0 aromatic heterocycles. The highest BCUT2D eigenvalue weighted by atomic mass is 15.1. The molecular formula is C41H34N2. The van der Waals surface area contributed by atoms with E-state index < -0.39 is 0 Å². The van der Waals surface area contributed by atoms with Crippen molar-refractivity contribution < 1.29 is 0 Å². The van der Waals surface area contributed by atoms with Crippen molar-refractivity contribution in [1.82, 2.24) is 0 Å². The number of hydrogen-bond acceptors (Lipinski definition) is 2. The molecule has 2 heteroatoms. The minimum absolute atomic E-state index is 0.626. The fourth-order valence-electron chi connectivity index (χ4n) is 6.74. The third-order valence-electron chi connectivity index (χ3n) is 8.99. The van der Waals surface area contributed by atoms with Crippen LogP contribution in [0.1, 0.15) is 29.9 Å². The topological polar surface area (TPSA) is 15.3 Å². The van der Waals surface area contributed by atoms with E-state index in [0.29, 0.717) is 11.8 Å². The van der Waals surface area contributed by atoms with Crippen LogP contribution < -0.4 is 20.7 Å². The minimum atomic E-state index is 0.626. The van der Waals surface area contributed by atoms with E-state index >= 15 is 0 Å². The van der Waals surface area contributed by atoms with Crippen LogP contribution in [0.5, 0.6) is 0 Å². The monoisotopic (exact) mass is 554 g/mol. The first-order valence-electron chi connectivity index (χ1n) is 15.4. The van der Waals surface area contributed by atoms with Crippen molar-refractivity contribution in [2.45, 2.75) is 25.2 Å². The smallest absolute Gasteiger partial charge is 0.0499 e. The SMILES string of the molecule is C1=CC(Nc2ccc(-c3ccc(N(c4ccccc4)c4cccc5c4C4CC4C=CC5)cc3)cc2)=c2ccccc2=CC1. The van der Waals surface area contributed by atoms with E-state index in [-0.39, 0.29) is 0 Å². The first kappa shape index (κ1) is 25.6. The lowest BCUT2D eigenvalue weighted by atomic mass is 9.97. The first-order chi connectivity index (χ1) is 21.3. The van der Waals surface area contributed by atoms with E-state index in [1.807, 2.05) is 0 Å². The summed E-state index contributed by atoms with van der Waals surface area (Å²) < 4.78 is 0. The van der Waals surface area contributed by atoms with Crippen molar-refractivity contribution in [1.29, 1.82) is 0 Å². The molecule has 0 heterocycles. The molecule has 2 atom stereocenters. The molecule has 1 saturated carbocycles. The van der Waals surface area contributed by atoms with E-state index in [1.54, 1.807) is 0 Å².